The molecule has 0 spiro atoms. The Morgan fingerprint density at radius 2 is 2.07 bits per heavy atom. The molecular weight excluding hydrogens is 398 g/mol. The number of nitrogens with one attached hydrogen (secondary N) is 1. The fourth-order valence-corrected chi connectivity index (χ4v) is 2.14. The molecule has 0 aromatic heterocycles. The number of carbonyl (C=O) groups excluding carboxylic acids is 1. The van der Waals surface area contributed by atoms with Crippen LogP contribution in [0.25, 0.3) is 0 Å². The summed E-state index contributed by atoms with van der Waals surface area (Å²) in [6.45, 7) is 15.2. The minimum atomic E-state index is -0.277. The maximum absolute atomic E-state index is 12.2. The zero-order chi connectivity index (χ0) is 22.8. The minimum Gasteiger partial charge on any atom is -0.349 e. The second-order valence-electron chi connectivity index (χ2n) is 6.16. The Morgan fingerprint density at radius 1 is 1.33 bits per heavy atom. The molecule has 0 aliphatic heterocycles. The topological polar surface area (TPSA) is 78.5 Å². The quantitative estimate of drug-likeness (QED) is 0.194. The van der Waals surface area contributed by atoms with Gasteiger partial charge in [0.25, 0.3) is 5.91 Å². The van der Waals surface area contributed by atoms with Crippen LogP contribution in [0.3, 0.4) is 0 Å². The van der Waals surface area contributed by atoms with Gasteiger partial charge in [0.05, 0.1) is 5.03 Å². The number of rotatable bonds is 13. The van der Waals surface area contributed by atoms with Crippen LogP contribution in [0.5, 0.6) is 0 Å². The number of amides is 1. The van der Waals surface area contributed by atoms with Crippen molar-refractivity contribution in [3.05, 3.63) is 71.6 Å². The largest absolute Gasteiger partial charge is 0.349 e. The van der Waals surface area contributed by atoms with Crippen molar-refractivity contribution in [1.29, 1.82) is 0 Å². The fourth-order valence-electron chi connectivity index (χ4n) is 2.01. The Hall–Kier alpha value is -3.12. The molecular formula is C23H30ClN5O. The van der Waals surface area contributed by atoms with Crippen LogP contribution >= 0.6 is 11.6 Å². The molecule has 0 bridgehead atoms. The lowest BCUT2D eigenvalue weighted by Gasteiger charge is -2.08. The zero-order valence-corrected chi connectivity index (χ0v) is 18.6. The molecule has 0 saturated heterocycles. The maximum Gasteiger partial charge on any atom is 0.250 e. The first-order chi connectivity index (χ1) is 14.3. The van der Waals surface area contributed by atoms with E-state index in [1.54, 1.807) is 37.6 Å². The van der Waals surface area contributed by atoms with E-state index in [4.69, 9.17) is 11.6 Å². The van der Waals surface area contributed by atoms with Gasteiger partial charge in [0.2, 0.25) is 0 Å². The summed E-state index contributed by atoms with van der Waals surface area (Å²) >= 11 is 6.01. The highest BCUT2D eigenvalue weighted by molar-refractivity contribution is 6.39. The van der Waals surface area contributed by atoms with Crippen molar-refractivity contribution >= 4 is 43.0 Å². The normalized spacial score (nSPS) is 14.7. The SMILES string of the molecule is C=C/C=N\C(C)=C\CNC(=O)C(=C)/C=C(/CC(C)/C=C/C=C(Cl)\C=N/C=N/C)N=C. The number of halogens is 1. The van der Waals surface area contributed by atoms with E-state index < -0.39 is 0 Å². The average Bonchev–Trinajstić information content (AvgIpc) is 2.71. The van der Waals surface area contributed by atoms with Gasteiger partial charge in [-0.15, -0.1) is 0 Å². The van der Waals surface area contributed by atoms with Gasteiger partial charge >= 0.3 is 0 Å². The minimum absolute atomic E-state index is 0.153. The second-order valence-corrected chi connectivity index (χ2v) is 6.59. The van der Waals surface area contributed by atoms with E-state index in [-0.39, 0.29) is 11.8 Å². The predicted molar refractivity (Wildman–Crippen MR) is 132 cm³/mol. The van der Waals surface area contributed by atoms with Crippen molar-refractivity contribution < 1.29 is 4.79 Å². The van der Waals surface area contributed by atoms with E-state index in [2.05, 4.69) is 45.2 Å². The second kappa shape index (κ2) is 16.8. The summed E-state index contributed by atoms with van der Waals surface area (Å²) in [6.07, 6.45) is 15.7. The standard InChI is InChI=1S/C23H30ClN5O/c1-7-12-28-20(4)11-13-29-23(30)19(3)15-22(26-6)14-18(2)9-8-10-21(24)16-27-17-25-5/h7-12,15-18H,1,3,6,13-14H2,2,4-5H3,(H,29,30)/b9-8+,20-11+,21-10+,22-15-,25-17+,27-16-,28-12-. The third kappa shape index (κ3) is 14.0. The molecule has 30 heavy (non-hydrogen) atoms. The summed E-state index contributed by atoms with van der Waals surface area (Å²) in [4.78, 5) is 27.9. The van der Waals surface area contributed by atoms with E-state index in [0.717, 1.165) is 5.70 Å². The van der Waals surface area contributed by atoms with Crippen LogP contribution in [-0.4, -0.2) is 45.0 Å². The molecule has 0 aliphatic rings. The molecule has 0 saturated carbocycles. The highest BCUT2D eigenvalue weighted by Crippen LogP contribution is 2.16. The highest BCUT2D eigenvalue weighted by atomic mass is 35.5. The maximum atomic E-state index is 12.2. The summed E-state index contributed by atoms with van der Waals surface area (Å²) in [5.41, 5.74) is 1.76. The Labute approximate surface area is 184 Å². The first-order valence-electron chi connectivity index (χ1n) is 9.28. The molecule has 0 aliphatic carbocycles. The van der Waals surface area contributed by atoms with E-state index in [1.165, 1.54) is 12.6 Å². The molecule has 1 amide bonds. The lowest BCUT2D eigenvalue weighted by Crippen LogP contribution is -2.24. The number of hydrogen-bond acceptors (Lipinski definition) is 4. The Morgan fingerprint density at radius 3 is 2.70 bits per heavy atom. The van der Waals surface area contributed by atoms with E-state index in [0.29, 0.717) is 29.3 Å². The summed E-state index contributed by atoms with van der Waals surface area (Å²) < 4.78 is 0. The molecule has 160 valence electrons. The smallest absolute Gasteiger partial charge is 0.250 e. The van der Waals surface area contributed by atoms with Crippen LogP contribution in [0, 0.1) is 5.92 Å². The number of carbonyl (C=O) groups is 1. The van der Waals surface area contributed by atoms with Gasteiger partial charge in [0.15, 0.2) is 0 Å². The average molecular weight is 428 g/mol. The first-order valence-corrected chi connectivity index (χ1v) is 9.65. The Bertz CT molecular complexity index is 813. The van der Waals surface area contributed by atoms with Crippen LogP contribution in [0.1, 0.15) is 20.3 Å². The van der Waals surface area contributed by atoms with E-state index in [9.17, 15) is 4.79 Å². The zero-order valence-electron chi connectivity index (χ0n) is 17.9. The van der Waals surface area contributed by atoms with E-state index in [1.807, 2.05) is 26.0 Å². The van der Waals surface area contributed by atoms with Crippen molar-refractivity contribution in [2.24, 2.45) is 25.9 Å². The van der Waals surface area contributed by atoms with Crippen molar-refractivity contribution in [2.75, 3.05) is 13.6 Å². The first kappa shape index (κ1) is 26.9. The molecule has 0 fully saturated rings. The van der Waals surface area contributed by atoms with Crippen molar-refractivity contribution in [3.63, 3.8) is 0 Å². The highest BCUT2D eigenvalue weighted by Gasteiger charge is 2.07. The molecule has 7 heteroatoms. The van der Waals surface area contributed by atoms with Gasteiger partial charge in [-0.25, -0.2) is 4.99 Å². The molecule has 1 N–H and O–H groups in total. The summed E-state index contributed by atoms with van der Waals surface area (Å²) in [7, 11) is 1.63. The number of aliphatic imine (C=N–C) groups is 4. The molecule has 0 rings (SSSR count). The fraction of sp³-hybridized carbons (Fsp3) is 0.261. The molecule has 1 atom stereocenters. The van der Waals surface area contributed by atoms with Crippen LogP contribution in [0.4, 0.5) is 0 Å². The van der Waals surface area contributed by atoms with Crippen molar-refractivity contribution in [3.8, 4) is 0 Å². The number of allylic oxidation sites excluding steroid dienone is 7. The van der Waals surface area contributed by atoms with Crippen molar-refractivity contribution in [2.45, 2.75) is 20.3 Å². The number of hydrogen-bond donors (Lipinski definition) is 1. The van der Waals surface area contributed by atoms with Gasteiger partial charge in [0, 0.05) is 43.0 Å². The lowest BCUT2D eigenvalue weighted by molar-refractivity contribution is -0.116. The lowest BCUT2D eigenvalue weighted by atomic mass is 10.0. The summed E-state index contributed by atoms with van der Waals surface area (Å²) in [5.74, 6) is -0.124. The van der Waals surface area contributed by atoms with Gasteiger partial charge in [-0.05, 0) is 44.2 Å². The van der Waals surface area contributed by atoms with Crippen molar-refractivity contribution in [1.82, 2.24) is 5.32 Å². The third-order valence-electron chi connectivity index (χ3n) is 3.49. The van der Waals surface area contributed by atoms with Gasteiger partial charge < -0.3 is 5.32 Å². The van der Waals surface area contributed by atoms with Gasteiger partial charge in [0.1, 0.15) is 6.34 Å². The van der Waals surface area contributed by atoms with Crippen LogP contribution in [0.15, 0.2) is 91.6 Å². The summed E-state index contributed by atoms with van der Waals surface area (Å²) in [6, 6.07) is 0. The Balaban J connectivity index is 4.77. The third-order valence-corrected chi connectivity index (χ3v) is 3.71. The van der Waals surface area contributed by atoms with Crippen LogP contribution in [0.2, 0.25) is 0 Å². The van der Waals surface area contributed by atoms with E-state index >= 15 is 0 Å². The molecule has 6 nitrogen and oxygen atoms in total. The predicted octanol–water partition coefficient (Wildman–Crippen LogP) is 4.84. The van der Waals surface area contributed by atoms with Crippen LogP contribution in [-0.2, 0) is 4.79 Å². The molecule has 0 aromatic carbocycles. The Kier molecular flexibility index (Phi) is 15.1. The van der Waals surface area contributed by atoms with Crippen LogP contribution < -0.4 is 5.32 Å². The van der Waals surface area contributed by atoms with Gasteiger partial charge in [-0.1, -0.05) is 49.9 Å². The molecule has 0 aromatic rings. The van der Waals surface area contributed by atoms with Gasteiger partial charge in [-0.3, -0.25) is 19.8 Å². The number of nitrogens with zero attached hydrogens (tertiary/aromatic N) is 4. The monoisotopic (exact) mass is 427 g/mol. The molecule has 1 unspecified atom stereocenters. The molecule has 0 heterocycles. The summed E-state index contributed by atoms with van der Waals surface area (Å²) in [5, 5.41) is 3.25. The molecule has 0 radical (unpaired) electrons. The van der Waals surface area contributed by atoms with Gasteiger partial charge in [-0.2, -0.15) is 0 Å².